The van der Waals surface area contributed by atoms with Crippen LogP contribution in [0.1, 0.15) is 18.4 Å². The highest BCUT2D eigenvalue weighted by atomic mass is 16.7. The van der Waals surface area contributed by atoms with E-state index >= 15 is 0 Å². The third kappa shape index (κ3) is 1.92. The van der Waals surface area contributed by atoms with Gasteiger partial charge in [-0.2, -0.15) is 0 Å². The summed E-state index contributed by atoms with van der Waals surface area (Å²) in [7, 11) is 1.96. The summed E-state index contributed by atoms with van der Waals surface area (Å²) >= 11 is 0. The van der Waals surface area contributed by atoms with Crippen LogP contribution in [0.5, 0.6) is 11.5 Å². The van der Waals surface area contributed by atoms with Crippen LogP contribution in [0.3, 0.4) is 0 Å². The van der Waals surface area contributed by atoms with E-state index in [1.54, 1.807) is 0 Å². The average molecular weight is 317 g/mol. The third-order valence-corrected chi connectivity index (χ3v) is 4.93. The SMILES string of the molecule is CCN1C(=O)N[C@]2(CN(C)C[C@H]2c2ccc3c(c2)OCO3)C1=O. The summed E-state index contributed by atoms with van der Waals surface area (Å²) in [6.07, 6.45) is 0. The van der Waals surface area contributed by atoms with Gasteiger partial charge in [-0.3, -0.25) is 9.69 Å². The van der Waals surface area contributed by atoms with E-state index in [2.05, 4.69) is 10.2 Å². The number of carbonyl (C=O) groups excluding carboxylic acids is 2. The Kier molecular flexibility index (Phi) is 3.02. The summed E-state index contributed by atoms with van der Waals surface area (Å²) < 4.78 is 10.8. The Morgan fingerprint density at radius 2 is 2.09 bits per heavy atom. The maximum atomic E-state index is 12.9. The molecule has 2 fully saturated rings. The lowest BCUT2D eigenvalue weighted by Gasteiger charge is -2.28. The normalized spacial score (nSPS) is 29.7. The van der Waals surface area contributed by atoms with E-state index in [-0.39, 0.29) is 24.6 Å². The molecule has 23 heavy (non-hydrogen) atoms. The Morgan fingerprint density at radius 3 is 2.83 bits per heavy atom. The van der Waals surface area contributed by atoms with Crippen molar-refractivity contribution in [1.29, 1.82) is 0 Å². The van der Waals surface area contributed by atoms with Gasteiger partial charge in [0.05, 0.1) is 0 Å². The van der Waals surface area contributed by atoms with Crippen LogP contribution in [0.15, 0.2) is 18.2 Å². The van der Waals surface area contributed by atoms with Crippen LogP contribution in [0.2, 0.25) is 0 Å². The van der Waals surface area contributed by atoms with Gasteiger partial charge in [0.15, 0.2) is 11.5 Å². The molecule has 122 valence electrons. The standard InChI is InChI=1S/C16H19N3O4/c1-3-19-14(20)16(17-15(19)21)8-18(2)7-11(16)10-4-5-12-13(6-10)23-9-22-12/h4-6,11H,3,7-9H2,1-2H3,(H,17,21)/t11-,16-/m0/s1. The van der Waals surface area contributed by atoms with Gasteiger partial charge in [-0.15, -0.1) is 0 Å². The Bertz CT molecular complexity index is 692. The fraction of sp³-hybridized carbons (Fsp3) is 0.500. The molecule has 1 aromatic carbocycles. The van der Waals surface area contributed by atoms with Crippen molar-refractivity contribution in [2.75, 3.05) is 33.5 Å². The van der Waals surface area contributed by atoms with Crippen molar-refractivity contribution in [1.82, 2.24) is 15.1 Å². The van der Waals surface area contributed by atoms with E-state index < -0.39 is 5.54 Å². The Labute approximate surface area is 134 Å². The Balaban J connectivity index is 1.75. The molecular weight excluding hydrogens is 298 g/mol. The fourth-order valence-corrected chi connectivity index (χ4v) is 3.86. The summed E-state index contributed by atoms with van der Waals surface area (Å²) in [6, 6.07) is 5.43. The summed E-state index contributed by atoms with van der Waals surface area (Å²) in [5.41, 5.74) is 0.0837. The predicted octanol–water partition coefficient (Wildman–Crippen LogP) is 0.755. The van der Waals surface area contributed by atoms with E-state index in [1.165, 1.54) is 4.90 Å². The zero-order valence-corrected chi connectivity index (χ0v) is 13.2. The first-order valence-corrected chi connectivity index (χ1v) is 7.77. The van der Waals surface area contributed by atoms with Gasteiger partial charge in [0.1, 0.15) is 5.54 Å². The lowest BCUT2D eigenvalue weighted by atomic mass is 9.81. The minimum Gasteiger partial charge on any atom is -0.454 e. The number of ether oxygens (including phenoxy) is 2. The molecule has 0 radical (unpaired) electrons. The number of nitrogens with zero attached hydrogens (tertiary/aromatic N) is 2. The van der Waals surface area contributed by atoms with Crippen molar-refractivity contribution in [3.8, 4) is 11.5 Å². The molecule has 3 aliphatic rings. The molecule has 2 atom stereocenters. The van der Waals surface area contributed by atoms with Crippen molar-refractivity contribution in [3.05, 3.63) is 23.8 Å². The van der Waals surface area contributed by atoms with Crippen molar-refractivity contribution < 1.29 is 19.1 Å². The molecule has 7 nitrogen and oxygen atoms in total. The number of fused-ring (bicyclic) bond motifs is 1. The number of hydrogen-bond donors (Lipinski definition) is 1. The Hall–Kier alpha value is -2.28. The lowest BCUT2D eigenvalue weighted by Crippen LogP contribution is -2.52. The smallest absolute Gasteiger partial charge is 0.325 e. The molecule has 4 rings (SSSR count). The molecule has 0 unspecified atom stereocenters. The number of hydrogen-bond acceptors (Lipinski definition) is 5. The number of imide groups is 1. The van der Waals surface area contributed by atoms with Crippen LogP contribution < -0.4 is 14.8 Å². The first-order chi connectivity index (χ1) is 11.0. The monoisotopic (exact) mass is 317 g/mol. The van der Waals surface area contributed by atoms with Crippen LogP contribution in [-0.2, 0) is 4.79 Å². The summed E-state index contributed by atoms with van der Waals surface area (Å²) in [5, 5.41) is 2.95. The second-order valence-electron chi connectivity index (χ2n) is 6.31. The minimum atomic E-state index is -0.893. The highest BCUT2D eigenvalue weighted by Gasteiger charge is 2.59. The molecule has 0 bridgehead atoms. The molecule has 3 amide bonds. The van der Waals surface area contributed by atoms with E-state index in [4.69, 9.17) is 9.47 Å². The molecule has 7 heteroatoms. The molecule has 2 saturated heterocycles. The molecule has 1 aromatic rings. The quantitative estimate of drug-likeness (QED) is 0.815. The van der Waals surface area contributed by atoms with Crippen molar-refractivity contribution >= 4 is 11.9 Å². The van der Waals surface area contributed by atoms with E-state index in [9.17, 15) is 9.59 Å². The summed E-state index contributed by atoms with van der Waals surface area (Å²) in [4.78, 5) is 28.4. The third-order valence-electron chi connectivity index (χ3n) is 4.93. The van der Waals surface area contributed by atoms with Crippen LogP contribution in [0.4, 0.5) is 4.79 Å². The topological polar surface area (TPSA) is 71.1 Å². The van der Waals surface area contributed by atoms with Crippen LogP contribution in [-0.4, -0.2) is 60.8 Å². The maximum absolute atomic E-state index is 12.9. The fourth-order valence-electron chi connectivity index (χ4n) is 3.86. The Morgan fingerprint density at radius 1 is 1.30 bits per heavy atom. The maximum Gasteiger partial charge on any atom is 0.325 e. The summed E-state index contributed by atoms with van der Waals surface area (Å²) in [5.74, 6) is 1.15. The van der Waals surface area contributed by atoms with E-state index in [0.717, 1.165) is 5.56 Å². The van der Waals surface area contributed by atoms with Gasteiger partial charge in [-0.1, -0.05) is 6.07 Å². The number of rotatable bonds is 2. The molecule has 0 saturated carbocycles. The second-order valence-corrected chi connectivity index (χ2v) is 6.31. The number of likely N-dealkylation sites (N-methyl/N-ethyl adjacent to an activating group) is 2. The van der Waals surface area contributed by atoms with Crippen LogP contribution >= 0.6 is 0 Å². The van der Waals surface area contributed by atoms with Gasteiger partial charge in [-0.05, 0) is 31.7 Å². The summed E-state index contributed by atoms with van der Waals surface area (Å²) in [6.45, 7) is 3.61. The van der Waals surface area contributed by atoms with Gasteiger partial charge < -0.3 is 19.7 Å². The molecule has 3 aliphatic heterocycles. The number of nitrogens with one attached hydrogen (secondary N) is 1. The molecule has 3 heterocycles. The zero-order chi connectivity index (χ0) is 16.2. The number of benzene rings is 1. The van der Waals surface area contributed by atoms with Crippen molar-refractivity contribution in [2.24, 2.45) is 0 Å². The second kappa shape index (κ2) is 4.86. The first-order valence-electron chi connectivity index (χ1n) is 7.77. The van der Waals surface area contributed by atoms with Gasteiger partial charge in [0, 0.05) is 25.6 Å². The zero-order valence-electron chi connectivity index (χ0n) is 13.2. The number of urea groups is 1. The van der Waals surface area contributed by atoms with Crippen molar-refractivity contribution in [3.63, 3.8) is 0 Å². The van der Waals surface area contributed by atoms with E-state index in [0.29, 0.717) is 31.1 Å². The average Bonchev–Trinajstić information content (AvgIpc) is 3.17. The van der Waals surface area contributed by atoms with Gasteiger partial charge in [-0.25, -0.2) is 4.79 Å². The first kappa shape index (κ1) is 14.3. The highest BCUT2D eigenvalue weighted by molar-refractivity contribution is 6.08. The van der Waals surface area contributed by atoms with Gasteiger partial charge in [0.2, 0.25) is 6.79 Å². The van der Waals surface area contributed by atoms with E-state index in [1.807, 2.05) is 32.2 Å². The molecule has 1 N–H and O–H groups in total. The van der Waals surface area contributed by atoms with Gasteiger partial charge >= 0.3 is 6.03 Å². The molecule has 0 aliphatic carbocycles. The van der Waals surface area contributed by atoms with Crippen LogP contribution in [0, 0.1) is 0 Å². The number of likely N-dealkylation sites (tertiary alicyclic amines) is 1. The minimum absolute atomic E-state index is 0.116. The number of carbonyl (C=O) groups is 2. The predicted molar refractivity (Wildman–Crippen MR) is 81.5 cm³/mol. The molecule has 0 aromatic heterocycles. The van der Waals surface area contributed by atoms with Gasteiger partial charge in [0.25, 0.3) is 5.91 Å². The largest absolute Gasteiger partial charge is 0.454 e. The number of amides is 3. The lowest BCUT2D eigenvalue weighted by molar-refractivity contribution is -0.131. The molecular formula is C16H19N3O4. The van der Waals surface area contributed by atoms with Crippen LogP contribution in [0.25, 0.3) is 0 Å². The highest BCUT2D eigenvalue weighted by Crippen LogP contribution is 2.43. The molecule has 1 spiro atoms. The van der Waals surface area contributed by atoms with Crippen molar-refractivity contribution in [2.45, 2.75) is 18.4 Å².